The standard InChI is InChI=1S/C9H9BrN2O4/c1-16-9-3-7(12(14)15)6(11)2-5(9)8(13)4-10/h2-3H,4,11H2,1H3. The number of benzene rings is 1. The number of nitro benzene ring substituents is 1. The molecule has 6 nitrogen and oxygen atoms in total. The monoisotopic (exact) mass is 288 g/mol. The van der Waals surface area contributed by atoms with Crippen LogP contribution in [0.15, 0.2) is 12.1 Å². The summed E-state index contributed by atoms with van der Waals surface area (Å²) >= 11 is 3.01. The number of hydrogen-bond donors (Lipinski definition) is 1. The molecule has 0 unspecified atom stereocenters. The van der Waals surface area contributed by atoms with E-state index in [-0.39, 0.29) is 33.8 Å². The third-order valence-electron chi connectivity index (χ3n) is 1.97. The van der Waals surface area contributed by atoms with Gasteiger partial charge in [-0.05, 0) is 6.07 Å². The van der Waals surface area contributed by atoms with E-state index in [1.165, 1.54) is 13.2 Å². The van der Waals surface area contributed by atoms with E-state index in [9.17, 15) is 14.9 Å². The first-order valence-corrected chi connectivity index (χ1v) is 5.34. The number of rotatable bonds is 4. The van der Waals surface area contributed by atoms with Gasteiger partial charge in [0.25, 0.3) is 5.69 Å². The number of nitrogens with zero attached hydrogens (tertiary/aromatic N) is 1. The van der Waals surface area contributed by atoms with Crippen molar-refractivity contribution >= 4 is 33.1 Å². The number of hydrogen-bond acceptors (Lipinski definition) is 5. The molecule has 16 heavy (non-hydrogen) atoms. The molecule has 0 aliphatic carbocycles. The summed E-state index contributed by atoms with van der Waals surface area (Å²) in [6.45, 7) is 0. The van der Waals surface area contributed by atoms with E-state index in [0.29, 0.717) is 0 Å². The van der Waals surface area contributed by atoms with Crippen LogP contribution in [-0.4, -0.2) is 23.1 Å². The fourth-order valence-electron chi connectivity index (χ4n) is 1.20. The second-order valence-corrected chi connectivity index (χ2v) is 3.49. The van der Waals surface area contributed by atoms with Gasteiger partial charge >= 0.3 is 0 Å². The van der Waals surface area contributed by atoms with Crippen LogP contribution in [0.25, 0.3) is 0 Å². The second-order valence-electron chi connectivity index (χ2n) is 2.93. The van der Waals surface area contributed by atoms with Gasteiger partial charge < -0.3 is 10.5 Å². The number of halogens is 1. The zero-order valence-corrected chi connectivity index (χ0v) is 9.98. The lowest BCUT2D eigenvalue weighted by Crippen LogP contribution is -2.06. The number of carbonyl (C=O) groups is 1. The van der Waals surface area contributed by atoms with E-state index in [1.54, 1.807) is 0 Å². The van der Waals surface area contributed by atoms with Gasteiger partial charge in [-0.2, -0.15) is 0 Å². The zero-order valence-electron chi connectivity index (χ0n) is 8.40. The van der Waals surface area contributed by atoms with Gasteiger partial charge in [-0.15, -0.1) is 0 Å². The smallest absolute Gasteiger partial charge is 0.295 e. The van der Waals surface area contributed by atoms with E-state index in [0.717, 1.165) is 6.07 Å². The largest absolute Gasteiger partial charge is 0.496 e. The van der Waals surface area contributed by atoms with E-state index in [2.05, 4.69) is 15.9 Å². The van der Waals surface area contributed by atoms with Gasteiger partial charge in [-0.25, -0.2) is 0 Å². The number of ketones is 1. The highest BCUT2D eigenvalue weighted by molar-refractivity contribution is 9.09. The molecule has 0 saturated carbocycles. The first-order chi connectivity index (χ1) is 7.51. The van der Waals surface area contributed by atoms with Crippen LogP contribution in [-0.2, 0) is 0 Å². The summed E-state index contributed by atoms with van der Waals surface area (Å²) in [5.74, 6) is -0.108. The SMILES string of the molecule is COc1cc([N+](=O)[O-])c(N)cc1C(=O)CBr. The molecular formula is C9H9BrN2O4. The number of ether oxygens (including phenoxy) is 1. The molecule has 0 radical (unpaired) electrons. The molecular weight excluding hydrogens is 280 g/mol. The number of nitrogen functional groups attached to an aromatic ring is 1. The topological polar surface area (TPSA) is 95.5 Å². The van der Waals surface area contributed by atoms with Gasteiger partial charge in [0.2, 0.25) is 0 Å². The Hall–Kier alpha value is -1.63. The van der Waals surface area contributed by atoms with Crippen molar-refractivity contribution in [1.82, 2.24) is 0 Å². The quantitative estimate of drug-likeness (QED) is 0.299. The van der Waals surface area contributed by atoms with Crippen molar-refractivity contribution in [3.05, 3.63) is 27.8 Å². The third kappa shape index (κ3) is 2.30. The second kappa shape index (κ2) is 4.93. The Balaban J connectivity index is 3.37. The summed E-state index contributed by atoms with van der Waals surface area (Å²) in [4.78, 5) is 21.5. The molecule has 0 bridgehead atoms. The molecule has 7 heteroatoms. The highest BCUT2D eigenvalue weighted by atomic mass is 79.9. The first-order valence-electron chi connectivity index (χ1n) is 4.22. The van der Waals surface area contributed by atoms with Crippen LogP contribution in [0.1, 0.15) is 10.4 Å². The van der Waals surface area contributed by atoms with Crippen molar-refractivity contribution in [3.8, 4) is 5.75 Å². The van der Waals surface area contributed by atoms with Crippen molar-refractivity contribution in [2.45, 2.75) is 0 Å². The van der Waals surface area contributed by atoms with Gasteiger partial charge in [0, 0.05) is 0 Å². The Morgan fingerprint density at radius 2 is 2.25 bits per heavy atom. The van der Waals surface area contributed by atoms with Gasteiger partial charge in [0.15, 0.2) is 5.78 Å². The van der Waals surface area contributed by atoms with Crippen LogP contribution < -0.4 is 10.5 Å². The van der Waals surface area contributed by atoms with Crippen molar-refractivity contribution in [1.29, 1.82) is 0 Å². The molecule has 0 spiro atoms. The molecule has 0 aromatic heterocycles. The summed E-state index contributed by atoms with van der Waals surface area (Å²) < 4.78 is 4.91. The number of anilines is 1. The summed E-state index contributed by atoms with van der Waals surface area (Å²) in [5, 5.41) is 10.7. The highest BCUT2D eigenvalue weighted by Gasteiger charge is 2.19. The summed E-state index contributed by atoms with van der Waals surface area (Å²) in [6.07, 6.45) is 0. The Bertz CT molecular complexity index is 447. The maximum atomic E-state index is 11.5. The molecule has 0 atom stereocenters. The van der Waals surface area contributed by atoms with E-state index in [1.807, 2.05) is 0 Å². The molecule has 86 valence electrons. The minimum Gasteiger partial charge on any atom is -0.496 e. The predicted molar refractivity (Wildman–Crippen MR) is 62.2 cm³/mol. The van der Waals surface area contributed by atoms with Gasteiger partial charge in [0.05, 0.1) is 29.0 Å². The maximum absolute atomic E-state index is 11.5. The third-order valence-corrected chi connectivity index (χ3v) is 2.48. The Kier molecular flexibility index (Phi) is 3.83. The number of carbonyl (C=O) groups excluding carboxylic acids is 1. The summed E-state index contributed by atoms with van der Waals surface area (Å²) in [5.41, 5.74) is 5.36. The maximum Gasteiger partial charge on any atom is 0.295 e. The molecule has 2 N–H and O–H groups in total. The molecule has 0 fully saturated rings. The number of alkyl halides is 1. The molecule has 0 heterocycles. The van der Waals surface area contributed by atoms with Gasteiger partial charge in [-0.1, -0.05) is 15.9 Å². The molecule has 1 rings (SSSR count). The Morgan fingerprint density at radius 3 is 2.69 bits per heavy atom. The van der Waals surface area contributed by atoms with Crippen LogP contribution >= 0.6 is 15.9 Å². The minimum absolute atomic E-state index is 0.0601. The molecule has 0 saturated heterocycles. The van der Waals surface area contributed by atoms with E-state index < -0.39 is 4.92 Å². The summed E-state index contributed by atoms with van der Waals surface area (Å²) in [7, 11) is 1.33. The average Bonchev–Trinajstić information content (AvgIpc) is 2.27. The average molecular weight is 289 g/mol. The lowest BCUT2D eigenvalue weighted by atomic mass is 10.1. The van der Waals surface area contributed by atoms with Crippen molar-refractivity contribution in [3.63, 3.8) is 0 Å². The normalized spacial score (nSPS) is 9.88. The molecule has 0 amide bonds. The lowest BCUT2D eigenvalue weighted by Gasteiger charge is -2.07. The predicted octanol–water partition coefficient (Wildman–Crippen LogP) is 1.76. The van der Waals surface area contributed by atoms with Gasteiger partial charge in [-0.3, -0.25) is 14.9 Å². The van der Waals surface area contributed by atoms with Crippen LogP contribution in [0.2, 0.25) is 0 Å². The highest BCUT2D eigenvalue weighted by Crippen LogP contribution is 2.31. The number of Topliss-reactive ketones (excluding diaryl/α,β-unsaturated/α-hetero) is 1. The van der Waals surface area contributed by atoms with Crippen LogP contribution in [0, 0.1) is 10.1 Å². The Morgan fingerprint density at radius 1 is 1.62 bits per heavy atom. The Labute approximate surface area is 99.7 Å². The van der Waals surface area contributed by atoms with E-state index >= 15 is 0 Å². The van der Waals surface area contributed by atoms with Crippen LogP contribution in [0.5, 0.6) is 5.75 Å². The van der Waals surface area contributed by atoms with Crippen LogP contribution in [0.4, 0.5) is 11.4 Å². The fourth-order valence-corrected chi connectivity index (χ4v) is 1.50. The number of methoxy groups -OCH3 is 1. The number of nitro groups is 1. The van der Waals surface area contributed by atoms with Crippen molar-refractivity contribution in [2.75, 3.05) is 18.2 Å². The van der Waals surface area contributed by atoms with E-state index in [4.69, 9.17) is 10.5 Å². The zero-order chi connectivity index (χ0) is 12.3. The molecule has 0 aliphatic rings. The number of nitrogens with two attached hydrogens (primary N) is 1. The minimum atomic E-state index is -0.625. The molecule has 0 aliphatic heterocycles. The lowest BCUT2D eigenvalue weighted by molar-refractivity contribution is -0.384. The van der Waals surface area contributed by atoms with Crippen LogP contribution in [0.3, 0.4) is 0 Å². The van der Waals surface area contributed by atoms with Gasteiger partial charge in [0.1, 0.15) is 11.4 Å². The molecule has 1 aromatic rings. The first kappa shape index (κ1) is 12.4. The molecule has 1 aromatic carbocycles. The fraction of sp³-hybridized carbons (Fsp3) is 0.222. The summed E-state index contributed by atoms with van der Waals surface area (Å²) in [6, 6.07) is 2.39. The van der Waals surface area contributed by atoms with Crippen molar-refractivity contribution in [2.24, 2.45) is 0 Å². The van der Waals surface area contributed by atoms with Crippen molar-refractivity contribution < 1.29 is 14.5 Å².